The molecule has 0 bridgehead atoms. The van der Waals surface area contributed by atoms with E-state index >= 15 is 0 Å². The first kappa shape index (κ1) is 9.09. The molecule has 0 aromatic heterocycles. The summed E-state index contributed by atoms with van der Waals surface area (Å²) < 4.78 is 2.13. The highest BCUT2D eigenvalue weighted by Gasteiger charge is 2.21. The van der Waals surface area contributed by atoms with Crippen LogP contribution in [0.1, 0.15) is 26.2 Å². The van der Waals surface area contributed by atoms with Gasteiger partial charge in [-0.3, -0.25) is 8.12 Å². The van der Waals surface area contributed by atoms with Crippen LogP contribution in [0.25, 0.3) is 0 Å². The lowest BCUT2D eigenvalue weighted by molar-refractivity contribution is 0.213. The second-order valence-corrected chi connectivity index (χ2v) is 3.89. The summed E-state index contributed by atoms with van der Waals surface area (Å²) in [7, 11) is 2.02. The highest BCUT2D eigenvalue weighted by Crippen LogP contribution is 2.19. The maximum absolute atomic E-state index is 4.18. The zero-order chi connectivity index (χ0) is 8.27. The summed E-state index contributed by atoms with van der Waals surface area (Å²) in [5.41, 5.74) is 0. The van der Waals surface area contributed by atoms with Crippen molar-refractivity contribution in [2.24, 2.45) is 5.10 Å². The molecule has 11 heavy (non-hydrogen) atoms. The Labute approximate surface area is 81.9 Å². The first-order valence-electron chi connectivity index (χ1n) is 3.96. The lowest BCUT2D eigenvalue weighted by Crippen LogP contribution is -2.31. The van der Waals surface area contributed by atoms with E-state index in [0.717, 1.165) is 0 Å². The van der Waals surface area contributed by atoms with E-state index in [9.17, 15) is 0 Å². The maximum atomic E-state index is 4.18. The second-order valence-electron chi connectivity index (χ2n) is 2.77. The molecule has 0 spiro atoms. The van der Waals surface area contributed by atoms with Crippen LogP contribution in [0, 0.1) is 0 Å². The van der Waals surface area contributed by atoms with Crippen LogP contribution in [0.3, 0.4) is 0 Å². The molecule has 1 rings (SSSR count). The van der Waals surface area contributed by atoms with Gasteiger partial charge in [-0.05, 0) is 12.8 Å². The van der Waals surface area contributed by atoms with Crippen molar-refractivity contribution in [1.29, 1.82) is 0 Å². The van der Waals surface area contributed by atoms with Crippen LogP contribution in [-0.2, 0) is 0 Å². The standard InChI is InChI=1S/C7H14IN3/c1-3-4-5-7-10(2)9-6-11(7)8/h6-7H,3-5H2,1-2H3. The maximum Gasteiger partial charge on any atom is 0.128 e. The molecule has 0 saturated heterocycles. The van der Waals surface area contributed by atoms with Crippen molar-refractivity contribution < 1.29 is 0 Å². The van der Waals surface area contributed by atoms with Crippen molar-refractivity contribution in [3.8, 4) is 0 Å². The molecule has 0 aromatic rings. The third-order valence-electron chi connectivity index (χ3n) is 1.88. The number of nitrogens with zero attached hydrogens (tertiary/aromatic N) is 3. The predicted molar refractivity (Wildman–Crippen MR) is 55.4 cm³/mol. The molecule has 1 atom stereocenters. The van der Waals surface area contributed by atoms with Crippen molar-refractivity contribution in [2.75, 3.05) is 7.05 Å². The molecule has 0 aliphatic carbocycles. The van der Waals surface area contributed by atoms with Crippen LogP contribution in [0.2, 0.25) is 0 Å². The van der Waals surface area contributed by atoms with Crippen molar-refractivity contribution in [2.45, 2.75) is 32.4 Å². The van der Waals surface area contributed by atoms with Crippen LogP contribution in [-0.4, -0.2) is 27.7 Å². The van der Waals surface area contributed by atoms with E-state index in [-0.39, 0.29) is 0 Å². The van der Waals surface area contributed by atoms with E-state index in [4.69, 9.17) is 0 Å². The number of hydrogen-bond donors (Lipinski definition) is 0. The summed E-state index contributed by atoms with van der Waals surface area (Å²) >= 11 is 2.29. The molecular formula is C7H14IN3. The van der Waals surface area contributed by atoms with E-state index < -0.39 is 0 Å². The van der Waals surface area contributed by atoms with Gasteiger partial charge in [0.15, 0.2) is 0 Å². The zero-order valence-corrected chi connectivity index (χ0v) is 9.15. The van der Waals surface area contributed by atoms with Gasteiger partial charge in [0, 0.05) is 7.05 Å². The molecule has 0 N–H and O–H groups in total. The van der Waals surface area contributed by atoms with E-state index in [1.807, 2.05) is 18.4 Å². The van der Waals surface area contributed by atoms with Crippen molar-refractivity contribution in [1.82, 2.24) is 8.12 Å². The van der Waals surface area contributed by atoms with Gasteiger partial charge in [0.05, 0.1) is 22.9 Å². The number of hydrazone groups is 1. The first-order valence-corrected chi connectivity index (χ1v) is 4.93. The summed E-state index contributed by atoms with van der Waals surface area (Å²) in [5.74, 6) is 0. The van der Waals surface area contributed by atoms with Gasteiger partial charge in [-0.1, -0.05) is 13.3 Å². The Morgan fingerprint density at radius 1 is 1.64 bits per heavy atom. The van der Waals surface area contributed by atoms with E-state index in [2.05, 4.69) is 38.0 Å². The molecule has 0 aromatic carbocycles. The number of rotatable bonds is 3. The van der Waals surface area contributed by atoms with Crippen LogP contribution >= 0.6 is 22.9 Å². The van der Waals surface area contributed by atoms with Crippen molar-refractivity contribution in [3.05, 3.63) is 0 Å². The minimum Gasteiger partial charge on any atom is -0.281 e. The fourth-order valence-electron chi connectivity index (χ4n) is 1.14. The fourth-order valence-corrected chi connectivity index (χ4v) is 1.89. The Balaban J connectivity index is 2.33. The van der Waals surface area contributed by atoms with E-state index in [0.29, 0.717) is 6.17 Å². The highest BCUT2D eigenvalue weighted by atomic mass is 127. The summed E-state index contributed by atoms with van der Waals surface area (Å²) in [6, 6.07) is 0. The van der Waals surface area contributed by atoms with E-state index in [1.54, 1.807) is 0 Å². The highest BCUT2D eigenvalue weighted by molar-refractivity contribution is 14.1. The third-order valence-corrected chi connectivity index (χ3v) is 2.77. The molecule has 1 heterocycles. The van der Waals surface area contributed by atoms with Crippen molar-refractivity contribution >= 4 is 29.2 Å². The Bertz CT molecular complexity index is 137. The van der Waals surface area contributed by atoms with Gasteiger partial charge in [-0.15, -0.1) is 0 Å². The number of hydrogen-bond acceptors (Lipinski definition) is 3. The third kappa shape index (κ3) is 2.21. The van der Waals surface area contributed by atoms with Crippen LogP contribution in [0.15, 0.2) is 5.10 Å². The summed E-state index contributed by atoms with van der Waals surface area (Å²) in [6.07, 6.45) is 6.10. The van der Waals surface area contributed by atoms with Crippen molar-refractivity contribution in [3.63, 3.8) is 0 Å². The molecule has 64 valence electrons. The average Bonchev–Trinajstić information content (AvgIpc) is 2.29. The Morgan fingerprint density at radius 3 is 2.82 bits per heavy atom. The molecule has 0 amide bonds. The quantitative estimate of drug-likeness (QED) is 0.575. The Kier molecular flexibility index (Phi) is 3.42. The normalized spacial score (nSPS) is 23.4. The minimum absolute atomic E-state index is 0.482. The lowest BCUT2D eigenvalue weighted by atomic mass is 10.2. The largest absolute Gasteiger partial charge is 0.281 e. The summed E-state index contributed by atoms with van der Waals surface area (Å²) in [6.45, 7) is 2.22. The summed E-state index contributed by atoms with van der Waals surface area (Å²) in [5, 5.41) is 6.19. The molecule has 0 saturated carbocycles. The second kappa shape index (κ2) is 4.13. The van der Waals surface area contributed by atoms with Crippen LogP contribution in [0.4, 0.5) is 0 Å². The van der Waals surface area contributed by atoms with Gasteiger partial charge in [0.1, 0.15) is 12.5 Å². The summed E-state index contributed by atoms with van der Waals surface area (Å²) in [4.78, 5) is 0. The van der Waals surface area contributed by atoms with Gasteiger partial charge < -0.3 is 0 Å². The first-order chi connectivity index (χ1) is 5.25. The van der Waals surface area contributed by atoms with Gasteiger partial charge >= 0.3 is 0 Å². The minimum atomic E-state index is 0.482. The number of unbranched alkanes of at least 4 members (excludes halogenated alkanes) is 1. The van der Waals surface area contributed by atoms with Gasteiger partial charge in [0.25, 0.3) is 0 Å². The van der Waals surface area contributed by atoms with E-state index in [1.165, 1.54) is 19.3 Å². The molecule has 1 unspecified atom stereocenters. The van der Waals surface area contributed by atoms with Gasteiger partial charge in [-0.2, -0.15) is 5.10 Å². The lowest BCUT2D eigenvalue weighted by Gasteiger charge is -2.22. The van der Waals surface area contributed by atoms with Crippen LogP contribution < -0.4 is 0 Å². The molecule has 0 fully saturated rings. The fraction of sp³-hybridized carbons (Fsp3) is 0.857. The van der Waals surface area contributed by atoms with Gasteiger partial charge in [-0.25, -0.2) is 0 Å². The molecule has 1 aliphatic heterocycles. The van der Waals surface area contributed by atoms with Crippen LogP contribution in [0.5, 0.6) is 0 Å². The topological polar surface area (TPSA) is 18.8 Å². The monoisotopic (exact) mass is 267 g/mol. The Morgan fingerprint density at radius 2 is 2.36 bits per heavy atom. The zero-order valence-electron chi connectivity index (χ0n) is 7.00. The molecule has 1 aliphatic rings. The average molecular weight is 267 g/mol. The smallest absolute Gasteiger partial charge is 0.128 e. The van der Waals surface area contributed by atoms with Gasteiger partial charge in [0.2, 0.25) is 0 Å². The molecule has 4 heteroatoms. The SMILES string of the molecule is CCCCC1N(I)C=NN1C. The predicted octanol–water partition coefficient (Wildman–Crippen LogP) is 2.04. The number of halogens is 1. The Hall–Kier alpha value is 0. The molecule has 0 radical (unpaired) electrons. The molecular weight excluding hydrogens is 253 g/mol. The molecule has 3 nitrogen and oxygen atoms in total.